The number of alkyl carbamates (subject to hydrolysis) is 1. The van der Waals surface area contributed by atoms with Crippen LogP contribution >= 0.6 is 0 Å². The third-order valence-corrected chi connectivity index (χ3v) is 7.16. The molecule has 1 saturated heterocycles. The van der Waals surface area contributed by atoms with Gasteiger partial charge in [-0.2, -0.15) is 0 Å². The van der Waals surface area contributed by atoms with Crippen LogP contribution in [0.1, 0.15) is 37.8 Å². The van der Waals surface area contributed by atoms with Crippen molar-refractivity contribution in [2.24, 2.45) is 11.3 Å². The lowest BCUT2D eigenvalue weighted by Gasteiger charge is -2.33. The predicted octanol–water partition coefficient (Wildman–Crippen LogP) is 3.50. The molecule has 4 rings (SSSR count). The van der Waals surface area contributed by atoms with Gasteiger partial charge in [0, 0.05) is 26.1 Å². The van der Waals surface area contributed by atoms with Gasteiger partial charge in [0.1, 0.15) is 12.1 Å². The van der Waals surface area contributed by atoms with E-state index in [1.54, 1.807) is 6.92 Å². The largest absolute Gasteiger partial charge is 0.481 e. The Bertz CT molecular complexity index is 1100. The molecule has 1 aliphatic heterocycles. The van der Waals surface area contributed by atoms with Gasteiger partial charge in [0.15, 0.2) is 0 Å². The lowest BCUT2D eigenvalue weighted by atomic mass is 9.82. The lowest BCUT2D eigenvalue weighted by molar-refractivity contribution is -0.144. The van der Waals surface area contributed by atoms with Crippen LogP contribution in [0.25, 0.3) is 11.1 Å². The van der Waals surface area contributed by atoms with E-state index in [0.717, 1.165) is 22.3 Å². The number of rotatable bonds is 7. The highest BCUT2D eigenvalue weighted by atomic mass is 16.5. The van der Waals surface area contributed by atoms with Gasteiger partial charge in [0.25, 0.3) is 5.91 Å². The molecule has 8 nitrogen and oxygen atoms in total. The molecular weight excluding hydrogens is 448 g/mol. The number of ether oxygens (including phenoxy) is 2. The molecule has 2 aromatic rings. The summed E-state index contributed by atoms with van der Waals surface area (Å²) < 4.78 is 10.9. The van der Waals surface area contributed by atoms with Crippen LogP contribution in [0.4, 0.5) is 4.79 Å². The van der Waals surface area contributed by atoms with E-state index in [1.165, 1.54) is 12.0 Å². The molecule has 0 bridgehead atoms. The van der Waals surface area contributed by atoms with Crippen molar-refractivity contribution in [2.45, 2.75) is 32.2 Å². The number of hydrogen-bond donors (Lipinski definition) is 2. The molecule has 2 aliphatic rings. The number of amides is 2. The van der Waals surface area contributed by atoms with Gasteiger partial charge in [-0.25, -0.2) is 4.79 Å². The summed E-state index contributed by atoms with van der Waals surface area (Å²) in [5.41, 5.74) is 2.45. The summed E-state index contributed by atoms with van der Waals surface area (Å²) in [5, 5.41) is 12.3. The zero-order valence-corrected chi connectivity index (χ0v) is 20.5. The summed E-state index contributed by atoms with van der Waals surface area (Å²) in [6.45, 7) is 5.61. The summed E-state index contributed by atoms with van der Waals surface area (Å²) >= 11 is 0. The second kappa shape index (κ2) is 9.34. The van der Waals surface area contributed by atoms with E-state index in [2.05, 4.69) is 17.4 Å². The minimum absolute atomic E-state index is 0.0762. The fourth-order valence-electron chi connectivity index (χ4n) is 5.35. The van der Waals surface area contributed by atoms with Crippen LogP contribution in [0.15, 0.2) is 48.5 Å². The number of benzene rings is 2. The number of aliphatic carboxylic acids is 1. The van der Waals surface area contributed by atoms with Gasteiger partial charge < -0.3 is 24.8 Å². The fourth-order valence-corrected chi connectivity index (χ4v) is 5.35. The van der Waals surface area contributed by atoms with Crippen LogP contribution in [0.5, 0.6) is 0 Å². The molecule has 2 N–H and O–H groups in total. The van der Waals surface area contributed by atoms with Crippen LogP contribution in [0.3, 0.4) is 0 Å². The minimum atomic E-state index is -1.40. The summed E-state index contributed by atoms with van der Waals surface area (Å²) in [5.74, 6) is -2.13. The highest BCUT2D eigenvalue weighted by molar-refractivity contribution is 5.91. The first-order valence-corrected chi connectivity index (χ1v) is 11.7. The second-order valence-electron chi connectivity index (χ2n) is 10.3. The Balaban J connectivity index is 1.46. The van der Waals surface area contributed by atoms with E-state index in [-0.39, 0.29) is 32.2 Å². The molecule has 2 atom stereocenters. The molecule has 35 heavy (non-hydrogen) atoms. The molecule has 1 fully saturated rings. The van der Waals surface area contributed by atoms with Crippen molar-refractivity contribution >= 4 is 18.0 Å². The van der Waals surface area contributed by atoms with Crippen molar-refractivity contribution < 1.29 is 29.0 Å². The number of carboxylic acids is 1. The number of carbonyl (C=O) groups excluding carboxylic acids is 2. The number of fused-ring (bicyclic) bond motifs is 3. The SMILES string of the molecule is COCC(C)(NC(=O)OCC1c2ccccc2-c2ccccc21)C(=O)N1CC(C(=O)O)C(C)(C)C1. The normalized spacial score (nSPS) is 20.0. The molecule has 2 amide bonds. The van der Waals surface area contributed by atoms with E-state index >= 15 is 0 Å². The van der Waals surface area contributed by atoms with Gasteiger partial charge >= 0.3 is 12.1 Å². The van der Waals surface area contributed by atoms with Crippen LogP contribution in [-0.2, 0) is 19.1 Å². The van der Waals surface area contributed by atoms with E-state index in [9.17, 15) is 19.5 Å². The third kappa shape index (κ3) is 4.62. The van der Waals surface area contributed by atoms with Crippen LogP contribution in [-0.4, -0.2) is 66.9 Å². The maximum atomic E-state index is 13.4. The van der Waals surface area contributed by atoms with Gasteiger partial charge in [-0.05, 0) is 34.6 Å². The van der Waals surface area contributed by atoms with Crippen molar-refractivity contribution in [2.75, 3.05) is 33.4 Å². The Hall–Kier alpha value is -3.39. The Morgan fingerprint density at radius 3 is 2.17 bits per heavy atom. The topological polar surface area (TPSA) is 105 Å². The van der Waals surface area contributed by atoms with Crippen molar-refractivity contribution in [1.82, 2.24) is 10.2 Å². The number of nitrogens with one attached hydrogen (secondary N) is 1. The van der Waals surface area contributed by atoms with Crippen LogP contribution in [0, 0.1) is 11.3 Å². The first kappa shape index (κ1) is 24.7. The fraction of sp³-hybridized carbons (Fsp3) is 0.444. The van der Waals surface area contributed by atoms with Gasteiger partial charge in [0.05, 0.1) is 12.5 Å². The van der Waals surface area contributed by atoms with Crippen molar-refractivity contribution in [3.63, 3.8) is 0 Å². The standard InChI is InChI=1S/C27H32N2O6/c1-26(2)15-29(13-22(26)23(30)31)24(32)27(3,16-34-4)28-25(33)35-14-21-19-11-7-5-9-17(19)18-10-6-8-12-20(18)21/h5-12,21-22H,13-16H2,1-4H3,(H,28,33)(H,30,31). The second-order valence-corrected chi connectivity index (χ2v) is 10.3. The molecule has 2 unspecified atom stereocenters. The summed E-state index contributed by atoms with van der Waals surface area (Å²) in [6.07, 6.45) is -0.729. The molecule has 186 valence electrons. The Labute approximate surface area is 205 Å². The molecule has 8 heteroatoms. The quantitative estimate of drug-likeness (QED) is 0.629. The Morgan fingerprint density at radius 2 is 1.66 bits per heavy atom. The molecule has 0 aromatic heterocycles. The Kier molecular flexibility index (Phi) is 6.60. The van der Waals surface area contributed by atoms with Gasteiger partial charge in [-0.15, -0.1) is 0 Å². The zero-order chi connectivity index (χ0) is 25.4. The van der Waals surface area contributed by atoms with E-state index in [1.807, 2.05) is 50.2 Å². The monoisotopic (exact) mass is 480 g/mol. The number of likely N-dealkylation sites (tertiary alicyclic amines) is 1. The first-order valence-electron chi connectivity index (χ1n) is 11.7. The van der Waals surface area contributed by atoms with Gasteiger partial charge in [-0.3, -0.25) is 9.59 Å². The highest BCUT2D eigenvalue weighted by Crippen LogP contribution is 2.44. The first-order chi connectivity index (χ1) is 16.6. The smallest absolute Gasteiger partial charge is 0.408 e. The summed E-state index contributed by atoms with van der Waals surface area (Å²) in [7, 11) is 1.44. The van der Waals surface area contributed by atoms with Gasteiger partial charge in [0.2, 0.25) is 0 Å². The molecule has 2 aromatic carbocycles. The van der Waals surface area contributed by atoms with E-state index < -0.39 is 34.8 Å². The predicted molar refractivity (Wildman–Crippen MR) is 130 cm³/mol. The lowest BCUT2D eigenvalue weighted by Crippen LogP contribution is -2.60. The third-order valence-electron chi connectivity index (χ3n) is 7.16. The average Bonchev–Trinajstić information content (AvgIpc) is 3.31. The van der Waals surface area contributed by atoms with E-state index in [4.69, 9.17) is 9.47 Å². The highest BCUT2D eigenvalue weighted by Gasteiger charge is 2.49. The van der Waals surface area contributed by atoms with Gasteiger partial charge in [-0.1, -0.05) is 62.4 Å². The average molecular weight is 481 g/mol. The summed E-state index contributed by atoms with van der Waals surface area (Å²) in [6, 6.07) is 16.1. The Morgan fingerprint density at radius 1 is 1.09 bits per heavy atom. The molecule has 0 radical (unpaired) electrons. The summed E-state index contributed by atoms with van der Waals surface area (Å²) in [4.78, 5) is 39.5. The van der Waals surface area contributed by atoms with Crippen molar-refractivity contribution in [3.05, 3.63) is 59.7 Å². The number of carboxylic acid groups (broad SMARTS) is 1. The molecule has 0 saturated carbocycles. The molecule has 1 aliphatic carbocycles. The van der Waals surface area contributed by atoms with Crippen molar-refractivity contribution in [1.29, 1.82) is 0 Å². The molecule has 0 spiro atoms. The number of carbonyl (C=O) groups is 3. The van der Waals surface area contributed by atoms with Crippen LogP contribution in [0.2, 0.25) is 0 Å². The maximum Gasteiger partial charge on any atom is 0.408 e. The maximum absolute atomic E-state index is 13.4. The van der Waals surface area contributed by atoms with Crippen molar-refractivity contribution in [3.8, 4) is 11.1 Å². The molecular formula is C27H32N2O6. The number of hydrogen-bond acceptors (Lipinski definition) is 5. The number of nitrogens with zero attached hydrogens (tertiary/aromatic N) is 1. The number of methoxy groups -OCH3 is 1. The minimum Gasteiger partial charge on any atom is -0.481 e. The molecule has 1 heterocycles. The van der Waals surface area contributed by atoms with E-state index in [0.29, 0.717) is 0 Å². The zero-order valence-electron chi connectivity index (χ0n) is 20.5. The van der Waals surface area contributed by atoms with Crippen LogP contribution < -0.4 is 5.32 Å².